The molecule has 2 aromatic carbocycles. The monoisotopic (exact) mass is 581 g/mol. The molecule has 0 bridgehead atoms. The summed E-state index contributed by atoms with van der Waals surface area (Å²) in [5.74, 6) is -16.5. The van der Waals surface area contributed by atoms with Crippen LogP contribution in [0.3, 0.4) is 0 Å². The first kappa shape index (κ1) is 31.0. The molecule has 2 unspecified atom stereocenters. The number of rotatable bonds is 9. The molecule has 4 N–H and O–H groups in total. The minimum Gasteiger partial charge on any atom is -0.481 e. The lowest BCUT2D eigenvalue weighted by molar-refractivity contribution is -0.141. The first-order valence-electron chi connectivity index (χ1n) is 12.2. The van der Waals surface area contributed by atoms with E-state index in [0.29, 0.717) is 5.69 Å². The second kappa shape index (κ2) is 11.6. The number of hydrogen-bond acceptors (Lipinski definition) is 6. The van der Waals surface area contributed by atoms with Crippen molar-refractivity contribution in [3.8, 4) is 5.75 Å². The maximum Gasteiger partial charge on any atom is 0.313 e. The maximum atomic E-state index is 13.9. The second-order valence-corrected chi connectivity index (χ2v) is 10.5. The third kappa shape index (κ3) is 6.64. The van der Waals surface area contributed by atoms with Crippen LogP contribution < -0.4 is 20.7 Å². The molecule has 1 saturated carbocycles. The van der Waals surface area contributed by atoms with E-state index in [0.717, 1.165) is 12.5 Å². The lowest BCUT2D eigenvalue weighted by Gasteiger charge is -2.23. The van der Waals surface area contributed by atoms with Crippen molar-refractivity contribution in [3.05, 3.63) is 59.2 Å². The van der Waals surface area contributed by atoms with Crippen molar-refractivity contribution in [1.29, 1.82) is 0 Å². The number of amides is 3. The van der Waals surface area contributed by atoms with E-state index in [1.807, 2.05) is 20.8 Å². The molecule has 1 fully saturated rings. The zero-order valence-electron chi connectivity index (χ0n) is 22.4. The van der Waals surface area contributed by atoms with Gasteiger partial charge >= 0.3 is 17.8 Å². The molecule has 14 heteroatoms. The Labute approximate surface area is 231 Å². The maximum absolute atomic E-state index is 13.9. The lowest BCUT2D eigenvalue weighted by Crippen LogP contribution is -2.55. The number of carbonyl (C=O) groups is 5. The van der Waals surface area contributed by atoms with Gasteiger partial charge in [-0.2, -0.15) is 8.78 Å². The summed E-state index contributed by atoms with van der Waals surface area (Å²) in [6.07, 6.45) is -0.441. The minimum absolute atomic E-state index is 0.0678. The first-order valence-corrected chi connectivity index (χ1v) is 12.2. The van der Waals surface area contributed by atoms with Gasteiger partial charge in [-0.3, -0.25) is 24.0 Å². The van der Waals surface area contributed by atoms with Crippen molar-refractivity contribution in [2.24, 2.45) is 5.92 Å². The van der Waals surface area contributed by atoms with E-state index in [4.69, 9.17) is 0 Å². The molecule has 3 rings (SSSR count). The van der Waals surface area contributed by atoms with Crippen molar-refractivity contribution in [2.45, 2.75) is 51.1 Å². The van der Waals surface area contributed by atoms with Crippen molar-refractivity contribution in [1.82, 2.24) is 10.6 Å². The summed E-state index contributed by atoms with van der Waals surface area (Å²) < 4.78 is 59.2. The zero-order chi connectivity index (χ0) is 30.9. The third-order valence-electron chi connectivity index (χ3n) is 6.45. The number of carbonyl (C=O) groups excluding carboxylic acids is 4. The molecule has 0 saturated heterocycles. The molecular formula is C27H27F4N3O7. The summed E-state index contributed by atoms with van der Waals surface area (Å²) in [7, 11) is 0. The Morgan fingerprint density at radius 1 is 1.02 bits per heavy atom. The zero-order valence-corrected chi connectivity index (χ0v) is 22.4. The van der Waals surface area contributed by atoms with Gasteiger partial charge in [0, 0.05) is 11.8 Å². The fourth-order valence-electron chi connectivity index (χ4n) is 4.10. The van der Waals surface area contributed by atoms with Gasteiger partial charge in [-0.05, 0) is 30.4 Å². The number of carboxylic acids is 1. The Morgan fingerprint density at radius 3 is 2.15 bits per heavy atom. The lowest BCUT2D eigenvalue weighted by atomic mass is 9.86. The van der Waals surface area contributed by atoms with Gasteiger partial charge in [0.1, 0.15) is 18.2 Å². The van der Waals surface area contributed by atoms with Crippen LogP contribution in [0, 0.1) is 29.2 Å². The van der Waals surface area contributed by atoms with Gasteiger partial charge in [0.25, 0.3) is 0 Å². The molecular weight excluding hydrogens is 554 g/mol. The molecule has 0 radical (unpaired) electrons. The Hall–Kier alpha value is -4.49. The Morgan fingerprint density at radius 2 is 1.61 bits per heavy atom. The van der Waals surface area contributed by atoms with Crippen LogP contribution in [0.1, 0.15) is 39.7 Å². The van der Waals surface area contributed by atoms with Crippen molar-refractivity contribution >= 4 is 35.2 Å². The second-order valence-electron chi connectivity index (χ2n) is 10.5. The van der Waals surface area contributed by atoms with Gasteiger partial charge < -0.3 is 25.8 Å². The fraction of sp³-hybridized carbons (Fsp3) is 0.370. The molecule has 0 aliphatic heterocycles. The van der Waals surface area contributed by atoms with Crippen LogP contribution >= 0.6 is 0 Å². The van der Waals surface area contributed by atoms with E-state index in [1.165, 1.54) is 0 Å². The topological polar surface area (TPSA) is 151 Å². The number of para-hydroxylation sites is 1. The van der Waals surface area contributed by atoms with Crippen LogP contribution in [0.25, 0.3) is 0 Å². The molecule has 0 aromatic heterocycles. The molecule has 3 atom stereocenters. The number of carboxylic acid groups (broad SMARTS) is 1. The van der Waals surface area contributed by atoms with E-state index in [-0.39, 0.29) is 11.5 Å². The molecule has 2 aromatic rings. The van der Waals surface area contributed by atoms with Crippen LogP contribution in [0.2, 0.25) is 0 Å². The molecule has 0 spiro atoms. The van der Waals surface area contributed by atoms with Gasteiger partial charge in [0.15, 0.2) is 23.2 Å². The summed E-state index contributed by atoms with van der Waals surface area (Å²) >= 11 is 0. The predicted octanol–water partition coefficient (Wildman–Crippen LogP) is 2.59. The minimum atomic E-state index is -2.10. The summed E-state index contributed by atoms with van der Waals surface area (Å²) in [5.41, 5.74) is -1.36. The number of hydrogen-bond donors (Lipinski definition) is 4. The Kier molecular flexibility index (Phi) is 8.75. The third-order valence-corrected chi connectivity index (χ3v) is 6.45. The van der Waals surface area contributed by atoms with Gasteiger partial charge in [0.05, 0.1) is 5.92 Å². The highest BCUT2D eigenvalue weighted by Crippen LogP contribution is 2.45. The number of aliphatic carboxylic acids is 1. The fourth-order valence-corrected chi connectivity index (χ4v) is 4.10. The van der Waals surface area contributed by atoms with Crippen LogP contribution in [0.4, 0.5) is 23.2 Å². The first-order chi connectivity index (χ1) is 19.0. The highest BCUT2D eigenvalue weighted by Gasteiger charge is 2.65. The van der Waals surface area contributed by atoms with Gasteiger partial charge in [0.2, 0.25) is 17.5 Å². The summed E-state index contributed by atoms with van der Waals surface area (Å²) in [5, 5.41) is 16.2. The van der Waals surface area contributed by atoms with Crippen LogP contribution in [-0.4, -0.2) is 52.8 Å². The number of anilines is 1. The number of halogens is 4. The van der Waals surface area contributed by atoms with E-state index in [2.05, 4.69) is 20.7 Å². The number of ether oxygens (including phenoxy) is 1. The van der Waals surface area contributed by atoms with Crippen molar-refractivity contribution < 1.29 is 51.4 Å². The van der Waals surface area contributed by atoms with Gasteiger partial charge in [-0.25, -0.2) is 8.78 Å². The van der Waals surface area contributed by atoms with Crippen LogP contribution in [0.15, 0.2) is 30.3 Å². The number of benzene rings is 2. The Bertz CT molecular complexity index is 1400. The van der Waals surface area contributed by atoms with Crippen LogP contribution in [-0.2, 0) is 29.4 Å². The molecule has 10 nitrogen and oxygen atoms in total. The summed E-state index contributed by atoms with van der Waals surface area (Å²) in [6, 6.07) is 5.26. The predicted molar refractivity (Wildman–Crippen MR) is 135 cm³/mol. The van der Waals surface area contributed by atoms with E-state index >= 15 is 0 Å². The average molecular weight is 582 g/mol. The summed E-state index contributed by atoms with van der Waals surface area (Å²) in [6.45, 7) is 5.61. The quantitative estimate of drug-likeness (QED) is 0.202. The van der Waals surface area contributed by atoms with E-state index in [9.17, 15) is 46.6 Å². The normalized spacial score (nSPS) is 18.6. The Balaban J connectivity index is 1.68. The molecule has 41 heavy (non-hydrogen) atoms. The van der Waals surface area contributed by atoms with Crippen LogP contribution in [0.5, 0.6) is 5.75 Å². The standard InChI is InChI=1S/C27H27F4N3O7/c1-12(32-23(37)24(38)33-17-8-6-5-7-13(17)26(2,3)4)22(36)34-27(10-14(27)25(39)40)18(35)11-41-21-19(30)15(28)9-16(29)20(21)31/h5-9,12,14H,10-11H2,1-4H3,(H,32,37)(H,33,38)(H,34,36)(H,39,40)/t12-,14?,27?/m0/s1. The smallest absolute Gasteiger partial charge is 0.313 e. The van der Waals surface area contributed by atoms with E-state index < -0.39 is 89.0 Å². The molecule has 220 valence electrons. The number of Topliss-reactive ketones (excluding diaryl/α,β-unsaturated/α-hetero) is 1. The van der Waals surface area contributed by atoms with E-state index in [1.54, 1.807) is 24.3 Å². The summed E-state index contributed by atoms with van der Waals surface area (Å²) in [4.78, 5) is 62.1. The highest BCUT2D eigenvalue weighted by atomic mass is 19.2. The molecule has 3 amide bonds. The SMILES string of the molecule is C[C@H](NC(=O)C(=O)Nc1ccccc1C(C)(C)C)C(=O)NC1(C(=O)COc2c(F)c(F)cc(F)c2F)CC1C(=O)O. The average Bonchev–Trinajstić information content (AvgIpc) is 3.62. The number of ketones is 1. The van der Waals surface area contributed by atoms with Crippen molar-refractivity contribution in [3.63, 3.8) is 0 Å². The molecule has 0 heterocycles. The molecule has 1 aliphatic rings. The van der Waals surface area contributed by atoms with Gasteiger partial charge in [-0.1, -0.05) is 39.0 Å². The molecule has 1 aliphatic carbocycles. The largest absolute Gasteiger partial charge is 0.481 e. The number of nitrogens with one attached hydrogen (secondary N) is 3. The van der Waals surface area contributed by atoms with Gasteiger partial charge in [-0.15, -0.1) is 0 Å². The van der Waals surface area contributed by atoms with Crippen molar-refractivity contribution in [2.75, 3.05) is 11.9 Å². The highest BCUT2D eigenvalue weighted by molar-refractivity contribution is 6.40.